The second kappa shape index (κ2) is 3.44. The van der Waals surface area contributed by atoms with Gasteiger partial charge >= 0.3 is 0 Å². The summed E-state index contributed by atoms with van der Waals surface area (Å²) in [4.78, 5) is 0. The van der Waals surface area contributed by atoms with E-state index < -0.39 is 0 Å². The molecule has 0 spiro atoms. The Hall–Kier alpha value is -0.570. The minimum absolute atomic E-state index is 0.465. The lowest BCUT2D eigenvalue weighted by molar-refractivity contribution is 0.454. The van der Waals surface area contributed by atoms with Crippen molar-refractivity contribution in [2.75, 3.05) is 0 Å². The van der Waals surface area contributed by atoms with E-state index in [1.807, 2.05) is 10.9 Å². The van der Waals surface area contributed by atoms with Crippen LogP contribution in [0.5, 0.6) is 0 Å². The Kier molecular flexibility index (Phi) is 2.30. The monoisotopic (exact) mass is 185 g/mol. The van der Waals surface area contributed by atoms with Gasteiger partial charge in [0.2, 0.25) is 0 Å². The first kappa shape index (κ1) is 8.05. The van der Waals surface area contributed by atoms with Crippen molar-refractivity contribution in [3.8, 4) is 0 Å². The molecule has 12 heavy (non-hydrogen) atoms. The highest BCUT2D eigenvalue weighted by atomic mass is 35.5. The van der Waals surface area contributed by atoms with Crippen LogP contribution in [-0.4, -0.2) is 15.0 Å². The lowest BCUT2D eigenvalue weighted by atomic mass is 10.3. The normalized spacial score (nSPS) is 18.8. The minimum Gasteiger partial charge on any atom is -0.249 e. The van der Waals surface area contributed by atoms with E-state index in [4.69, 9.17) is 11.6 Å². The SMILES string of the molecule is ClCc1cn(C2CCCC2)nn1. The maximum absolute atomic E-state index is 5.63. The van der Waals surface area contributed by atoms with Crippen LogP contribution in [0.4, 0.5) is 0 Å². The predicted octanol–water partition coefficient (Wildman–Crippen LogP) is 2.13. The molecule has 4 heteroatoms. The van der Waals surface area contributed by atoms with Crippen molar-refractivity contribution in [2.45, 2.75) is 37.6 Å². The minimum atomic E-state index is 0.465. The molecule has 0 N–H and O–H groups in total. The zero-order chi connectivity index (χ0) is 8.39. The number of halogens is 1. The summed E-state index contributed by atoms with van der Waals surface area (Å²) < 4.78 is 1.96. The molecule has 1 heterocycles. The van der Waals surface area contributed by atoms with Gasteiger partial charge in [-0.2, -0.15) is 0 Å². The summed E-state index contributed by atoms with van der Waals surface area (Å²) in [7, 11) is 0. The summed E-state index contributed by atoms with van der Waals surface area (Å²) >= 11 is 5.63. The van der Waals surface area contributed by atoms with E-state index in [-0.39, 0.29) is 0 Å². The van der Waals surface area contributed by atoms with Gasteiger partial charge < -0.3 is 0 Å². The van der Waals surface area contributed by atoms with Crippen LogP contribution < -0.4 is 0 Å². The Morgan fingerprint density at radius 2 is 2.25 bits per heavy atom. The van der Waals surface area contributed by atoms with Crippen LogP contribution in [0.15, 0.2) is 6.20 Å². The van der Waals surface area contributed by atoms with Crippen LogP contribution in [0.25, 0.3) is 0 Å². The highest BCUT2D eigenvalue weighted by Gasteiger charge is 2.17. The average molecular weight is 186 g/mol. The van der Waals surface area contributed by atoms with Gasteiger partial charge in [-0.3, -0.25) is 0 Å². The summed E-state index contributed by atoms with van der Waals surface area (Å²) in [6.07, 6.45) is 7.08. The first-order valence-corrected chi connectivity index (χ1v) is 4.90. The number of hydrogen-bond donors (Lipinski definition) is 0. The van der Waals surface area contributed by atoms with Gasteiger partial charge in [0.25, 0.3) is 0 Å². The molecule has 0 amide bonds. The highest BCUT2D eigenvalue weighted by molar-refractivity contribution is 6.16. The number of alkyl halides is 1. The molecular weight excluding hydrogens is 174 g/mol. The molecule has 3 nitrogen and oxygen atoms in total. The quantitative estimate of drug-likeness (QED) is 0.661. The van der Waals surface area contributed by atoms with Crippen molar-refractivity contribution in [3.05, 3.63) is 11.9 Å². The lowest BCUT2D eigenvalue weighted by Crippen LogP contribution is -2.04. The average Bonchev–Trinajstić information content (AvgIpc) is 2.75. The third kappa shape index (κ3) is 1.46. The predicted molar refractivity (Wildman–Crippen MR) is 47.1 cm³/mol. The van der Waals surface area contributed by atoms with Crippen molar-refractivity contribution in [3.63, 3.8) is 0 Å². The topological polar surface area (TPSA) is 30.7 Å². The molecule has 0 unspecified atom stereocenters. The molecule has 1 aliphatic carbocycles. The maximum Gasteiger partial charge on any atom is 0.0974 e. The van der Waals surface area contributed by atoms with E-state index in [9.17, 15) is 0 Å². The largest absolute Gasteiger partial charge is 0.249 e. The molecule has 0 saturated heterocycles. The molecule has 1 aliphatic rings. The number of aromatic nitrogens is 3. The molecule has 1 aromatic rings. The van der Waals surface area contributed by atoms with Crippen LogP contribution in [0.1, 0.15) is 37.4 Å². The number of rotatable bonds is 2. The molecule has 0 radical (unpaired) electrons. The van der Waals surface area contributed by atoms with Crippen molar-refractivity contribution in [1.82, 2.24) is 15.0 Å². The fraction of sp³-hybridized carbons (Fsp3) is 0.750. The standard InChI is InChI=1S/C8H12ClN3/c9-5-7-6-12(11-10-7)8-3-1-2-4-8/h6,8H,1-5H2. The van der Waals surface area contributed by atoms with Crippen LogP contribution in [0.2, 0.25) is 0 Å². The van der Waals surface area contributed by atoms with E-state index in [1.54, 1.807) is 0 Å². The Bertz CT molecular complexity index is 253. The van der Waals surface area contributed by atoms with Crippen LogP contribution >= 0.6 is 11.6 Å². The van der Waals surface area contributed by atoms with E-state index in [0.717, 1.165) is 5.69 Å². The molecule has 0 atom stereocenters. The van der Waals surface area contributed by atoms with Crippen molar-refractivity contribution in [1.29, 1.82) is 0 Å². The van der Waals surface area contributed by atoms with Gasteiger partial charge in [-0.25, -0.2) is 4.68 Å². The number of nitrogens with zero attached hydrogens (tertiary/aromatic N) is 3. The molecular formula is C8H12ClN3. The smallest absolute Gasteiger partial charge is 0.0974 e. The second-order valence-electron chi connectivity index (χ2n) is 3.26. The second-order valence-corrected chi connectivity index (χ2v) is 3.53. The molecule has 0 aliphatic heterocycles. The zero-order valence-electron chi connectivity index (χ0n) is 6.91. The third-order valence-electron chi connectivity index (χ3n) is 2.39. The van der Waals surface area contributed by atoms with Crippen LogP contribution in [0, 0.1) is 0 Å². The van der Waals surface area contributed by atoms with Gasteiger partial charge in [0.05, 0.1) is 17.6 Å². The molecule has 1 aromatic heterocycles. The molecule has 0 bridgehead atoms. The number of hydrogen-bond acceptors (Lipinski definition) is 2. The van der Waals surface area contributed by atoms with E-state index >= 15 is 0 Å². The molecule has 0 aromatic carbocycles. The Labute approximate surface area is 76.7 Å². The Morgan fingerprint density at radius 3 is 2.83 bits per heavy atom. The van der Waals surface area contributed by atoms with Crippen molar-refractivity contribution in [2.24, 2.45) is 0 Å². The van der Waals surface area contributed by atoms with Gasteiger partial charge in [0, 0.05) is 6.20 Å². The van der Waals surface area contributed by atoms with Crippen molar-refractivity contribution < 1.29 is 0 Å². The van der Waals surface area contributed by atoms with Gasteiger partial charge in [-0.1, -0.05) is 18.1 Å². The fourth-order valence-corrected chi connectivity index (χ4v) is 1.84. The summed E-state index contributed by atoms with van der Waals surface area (Å²) in [5.41, 5.74) is 0.878. The third-order valence-corrected chi connectivity index (χ3v) is 2.67. The summed E-state index contributed by atoms with van der Waals surface area (Å²) in [6, 6.07) is 0.578. The van der Waals surface area contributed by atoms with E-state index in [2.05, 4.69) is 10.3 Å². The van der Waals surface area contributed by atoms with Crippen LogP contribution in [0.3, 0.4) is 0 Å². The summed E-state index contributed by atoms with van der Waals surface area (Å²) in [6.45, 7) is 0. The van der Waals surface area contributed by atoms with Gasteiger partial charge in [-0.15, -0.1) is 16.7 Å². The highest BCUT2D eigenvalue weighted by Crippen LogP contribution is 2.28. The Balaban J connectivity index is 2.11. The van der Waals surface area contributed by atoms with Gasteiger partial charge in [0.1, 0.15) is 0 Å². The van der Waals surface area contributed by atoms with Gasteiger partial charge in [-0.05, 0) is 12.8 Å². The first-order valence-electron chi connectivity index (χ1n) is 4.37. The van der Waals surface area contributed by atoms with Gasteiger partial charge in [0.15, 0.2) is 0 Å². The molecule has 1 saturated carbocycles. The maximum atomic E-state index is 5.63. The zero-order valence-corrected chi connectivity index (χ0v) is 7.67. The lowest BCUT2D eigenvalue weighted by Gasteiger charge is -2.06. The fourth-order valence-electron chi connectivity index (χ4n) is 1.72. The summed E-state index contributed by atoms with van der Waals surface area (Å²) in [5.74, 6) is 0.465. The first-order chi connectivity index (χ1) is 5.90. The molecule has 2 rings (SSSR count). The molecule has 66 valence electrons. The van der Waals surface area contributed by atoms with Crippen LogP contribution in [-0.2, 0) is 5.88 Å². The summed E-state index contributed by atoms with van der Waals surface area (Å²) in [5, 5.41) is 8.01. The van der Waals surface area contributed by atoms with E-state index in [0.29, 0.717) is 11.9 Å². The van der Waals surface area contributed by atoms with E-state index in [1.165, 1.54) is 25.7 Å². The van der Waals surface area contributed by atoms with Crippen molar-refractivity contribution >= 4 is 11.6 Å². The molecule has 1 fully saturated rings. The Morgan fingerprint density at radius 1 is 1.50 bits per heavy atom.